The van der Waals surface area contributed by atoms with Gasteiger partial charge in [0.05, 0.1) is 11.3 Å². The van der Waals surface area contributed by atoms with Crippen LogP contribution in [-0.2, 0) is 20.9 Å². The monoisotopic (exact) mass is 478 g/mol. The van der Waals surface area contributed by atoms with Crippen molar-refractivity contribution in [1.82, 2.24) is 20.5 Å². The molecule has 0 fully saturated rings. The minimum absolute atomic E-state index is 0.106. The molecule has 182 valence electrons. The molecule has 0 spiro atoms. The standard InChI is InChI=1S/C25H26N4O6/c1-15-25(24(33)34,11-12-29(2)13-16-7-4-3-5-8-16)21(20(23(31)32)19(14-30)26-15)17-9-6-10-18-22(17)28-35-27-18/h3-10,14-15,21,26H,11-13H2,1-2H3,(H,31,32)(H,33,34). The lowest BCUT2D eigenvalue weighted by Crippen LogP contribution is -2.58. The first-order valence-electron chi connectivity index (χ1n) is 11.2. The Kier molecular flexibility index (Phi) is 6.65. The summed E-state index contributed by atoms with van der Waals surface area (Å²) in [5, 5.41) is 31.4. The van der Waals surface area contributed by atoms with Crippen molar-refractivity contribution in [2.45, 2.75) is 31.8 Å². The Labute approximate surface area is 201 Å². The van der Waals surface area contributed by atoms with Crippen molar-refractivity contribution in [2.24, 2.45) is 5.41 Å². The van der Waals surface area contributed by atoms with E-state index in [4.69, 9.17) is 4.63 Å². The quantitative estimate of drug-likeness (QED) is 0.392. The third-order valence-electron chi connectivity index (χ3n) is 6.82. The number of hydrogen-bond acceptors (Lipinski definition) is 8. The van der Waals surface area contributed by atoms with Crippen LogP contribution in [0.1, 0.15) is 30.4 Å². The molecule has 0 aliphatic carbocycles. The number of aromatic nitrogens is 2. The molecule has 1 aliphatic rings. The van der Waals surface area contributed by atoms with E-state index in [0.29, 0.717) is 30.5 Å². The average Bonchev–Trinajstić information content (AvgIpc) is 3.32. The summed E-state index contributed by atoms with van der Waals surface area (Å²) in [7, 11) is 1.88. The third-order valence-corrected chi connectivity index (χ3v) is 6.82. The normalized spacial score (nSPS) is 22.3. The van der Waals surface area contributed by atoms with Gasteiger partial charge in [0.1, 0.15) is 16.4 Å². The molecule has 0 saturated carbocycles. The van der Waals surface area contributed by atoms with E-state index < -0.39 is 29.3 Å². The fraction of sp³-hybridized carbons (Fsp3) is 0.320. The van der Waals surface area contributed by atoms with Crippen LogP contribution in [-0.4, -0.2) is 63.3 Å². The summed E-state index contributed by atoms with van der Waals surface area (Å²) < 4.78 is 4.86. The largest absolute Gasteiger partial charge is 0.481 e. The first kappa shape index (κ1) is 24.1. The number of benzene rings is 2. The van der Waals surface area contributed by atoms with Crippen LogP contribution in [0.25, 0.3) is 11.0 Å². The van der Waals surface area contributed by atoms with Crippen LogP contribution in [0.4, 0.5) is 0 Å². The van der Waals surface area contributed by atoms with Crippen LogP contribution in [0.2, 0.25) is 0 Å². The number of allylic oxidation sites excluding steroid dienone is 1. The molecule has 3 N–H and O–H groups in total. The Morgan fingerprint density at radius 1 is 1.14 bits per heavy atom. The number of carboxylic acid groups (broad SMARTS) is 2. The van der Waals surface area contributed by atoms with Gasteiger partial charge in [-0.25, -0.2) is 9.42 Å². The van der Waals surface area contributed by atoms with E-state index in [-0.39, 0.29) is 23.2 Å². The zero-order chi connectivity index (χ0) is 25.2. The molecular formula is C25H26N4O6. The van der Waals surface area contributed by atoms with Gasteiger partial charge in [0.25, 0.3) is 0 Å². The number of aldehydes is 1. The lowest BCUT2D eigenvalue weighted by atomic mass is 9.60. The molecule has 1 aliphatic heterocycles. The van der Waals surface area contributed by atoms with Gasteiger partial charge < -0.3 is 20.4 Å². The first-order chi connectivity index (χ1) is 16.8. The molecule has 0 amide bonds. The highest BCUT2D eigenvalue weighted by Crippen LogP contribution is 2.51. The molecule has 3 aromatic rings. The highest BCUT2D eigenvalue weighted by molar-refractivity contribution is 5.99. The van der Waals surface area contributed by atoms with E-state index in [0.717, 1.165) is 5.56 Å². The van der Waals surface area contributed by atoms with Gasteiger partial charge in [0.15, 0.2) is 6.29 Å². The second-order valence-corrected chi connectivity index (χ2v) is 8.85. The molecule has 2 aromatic carbocycles. The summed E-state index contributed by atoms with van der Waals surface area (Å²) in [4.78, 5) is 39.4. The van der Waals surface area contributed by atoms with E-state index in [1.165, 1.54) is 0 Å². The Morgan fingerprint density at radius 3 is 2.54 bits per heavy atom. The molecule has 3 atom stereocenters. The summed E-state index contributed by atoms with van der Waals surface area (Å²) in [6, 6.07) is 13.9. The molecule has 10 heteroatoms. The molecule has 2 heterocycles. The van der Waals surface area contributed by atoms with Gasteiger partial charge in [0.2, 0.25) is 0 Å². The summed E-state index contributed by atoms with van der Waals surface area (Å²) >= 11 is 0. The molecule has 4 rings (SSSR count). The van der Waals surface area contributed by atoms with Gasteiger partial charge in [0, 0.05) is 18.5 Å². The second kappa shape index (κ2) is 9.67. The molecule has 35 heavy (non-hydrogen) atoms. The van der Waals surface area contributed by atoms with Crippen molar-refractivity contribution in [2.75, 3.05) is 13.6 Å². The maximum absolute atomic E-state index is 13.1. The van der Waals surface area contributed by atoms with E-state index >= 15 is 0 Å². The molecule has 0 bridgehead atoms. The molecular weight excluding hydrogens is 452 g/mol. The lowest BCUT2D eigenvalue weighted by molar-refractivity contribution is -0.154. The van der Waals surface area contributed by atoms with Gasteiger partial charge >= 0.3 is 11.9 Å². The molecule has 0 saturated heterocycles. The Balaban J connectivity index is 1.83. The smallest absolute Gasteiger partial charge is 0.334 e. The predicted molar refractivity (Wildman–Crippen MR) is 125 cm³/mol. The Bertz CT molecular complexity index is 1290. The fourth-order valence-electron chi connectivity index (χ4n) is 5.06. The van der Waals surface area contributed by atoms with Crippen molar-refractivity contribution >= 4 is 29.3 Å². The summed E-state index contributed by atoms with van der Waals surface area (Å²) in [5.74, 6) is -3.74. The number of aliphatic carboxylic acids is 2. The maximum atomic E-state index is 13.1. The first-order valence-corrected chi connectivity index (χ1v) is 11.2. The number of nitrogens with one attached hydrogen (secondary N) is 1. The van der Waals surface area contributed by atoms with E-state index in [2.05, 4.69) is 15.6 Å². The average molecular weight is 479 g/mol. The fourth-order valence-corrected chi connectivity index (χ4v) is 5.06. The van der Waals surface area contributed by atoms with E-state index in [9.17, 15) is 24.6 Å². The van der Waals surface area contributed by atoms with Crippen molar-refractivity contribution in [3.63, 3.8) is 0 Å². The third kappa shape index (κ3) is 4.28. The van der Waals surface area contributed by atoms with Gasteiger partial charge in [-0.2, -0.15) is 0 Å². The number of carbonyl (C=O) groups is 3. The number of hydrogen-bond donors (Lipinski definition) is 3. The SMILES string of the molecule is CC1NC(C=O)=C(C(=O)O)C(c2cccc3nonc23)C1(CCN(C)Cc1ccccc1)C(=O)O. The maximum Gasteiger partial charge on any atom is 0.334 e. The second-order valence-electron chi connectivity index (χ2n) is 8.85. The summed E-state index contributed by atoms with van der Waals surface area (Å²) in [5.41, 5.74) is -0.0519. The Morgan fingerprint density at radius 2 is 1.89 bits per heavy atom. The molecule has 1 aromatic heterocycles. The van der Waals surface area contributed by atoms with Crippen LogP contribution in [0.5, 0.6) is 0 Å². The highest BCUT2D eigenvalue weighted by Gasteiger charge is 2.57. The summed E-state index contributed by atoms with van der Waals surface area (Å²) in [6.45, 7) is 2.61. The minimum atomic E-state index is -1.61. The number of carbonyl (C=O) groups excluding carboxylic acids is 1. The number of fused-ring (bicyclic) bond motifs is 1. The number of carboxylic acids is 2. The van der Waals surface area contributed by atoms with Gasteiger partial charge in [-0.3, -0.25) is 9.59 Å². The highest BCUT2D eigenvalue weighted by atomic mass is 16.6. The van der Waals surface area contributed by atoms with Crippen molar-refractivity contribution in [3.8, 4) is 0 Å². The van der Waals surface area contributed by atoms with Crippen LogP contribution in [0.15, 0.2) is 64.4 Å². The van der Waals surface area contributed by atoms with Crippen LogP contribution in [0.3, 0.4) is 0 Å². The lowest BCUT2D eigenvalue weighted by Gasteiger charge is -2.47. The topological polar surface area (TPSA) is 146 Å². The minimum Gasteiger partial charge on any atom is -0.481 e. The van der Waals surface area contributed by atoms with Crippen LogP contribution < -0.4 is 5.32 Å². The Hall–Kier alpha value is -4.05. The van der Waals surface area contributed by atoms with Gasteiger partial charge in [-0.05, 0) is 54.4 Å². The zero-order valence-electron chi connectivity index (χ0n) is 19.3. The molecule has 3 unspecified atom stereocenters. The zero-order valence-corrected chi connectivity index (χ0v) is 19.3. The van der Waals surface area contributed by atoms with Gasteiger partial charge in [-0.15, -0.1) is 0 Å². The predicted octanol–water partition coefficient (Wildman–Crippen LogP) is 2.43. The number of rotatable bonds is 9. The summed E-state index contributed by atoms with van der Waals surface area (Å²) in [6.07, 6.45) is 0.524. The van der Waals surface area contributed by atoms with Crippen molar-refractivity contribution in [3.05, 3.63) is 70.9 Å². The van der Waals surface area contributed by atoms with E-state index in [1.807, 2.05) is 42.3 Å². The molecule has 0 radical (unpaired) electrons. The van der Waals surface area contributed by atoms with E-state index in [1.54, 1.807) is 25.1 Å². The van der Waals surface area contributed by atoms with Crippen molar-refractivity contribution < 1.29 is 29.2 Å². The number of nitrogens with zero attached hydrogens (tertiary/aromatic N) is 3. The van der Waals surface area contributed by atoms with Crippen LogP contribution >= 0.6 is 0 Å². The van der Waals surface area contributed by atoms with Gasteiger partial charge in [-0.1, -0.05) is 42.5 Å². The molecule has 10 nitrogen and oxygen atoms in total. The van der Waals surface area contributed by atoms with Crippen molar-refractivity contribution in [1.29, 1.82) is 0 Å². The van der Waals surface area contributed by atoms with Crippen LogP contribution in [0, 0.1) is 5.41 Å².